The number of esters is 1. The molecule has 0 saturated carbocycles. The number of hydrogen-bond acceptors (Lipinski definition) is 3. The molecule has 92 valence electrons. The van der Waals surface area contributed by atoms with E-state index in [1.807, 2.05) is 19.1 Å². The molecule has 0 aliphatic rings. The molecule has 0 N–H and O–H groups in total. The van der Waals surface area contributed by atoms with Crippen LogP contribution in [-0.4, -0.2) is 18.9 Å². The van der Waals surface area contributed by atoms with Crippen molar-refractivity contribution in [2.75, 3.05) is 7.11 Å². The van der Waals surface area contributed by atoms with Gasteiger partial charge in [0.25, 0.3) is 0 Å². The number of carbonyl (C=O) groups excluding carboxylic acids is 2. The van der Waals surface area contributed by atoms with Crippen LogP contribution in [-0.2, 0) is 20.7 Å². The minimum Gasteiger partial charge on any atom is -0.469 e. The number of ether oxygens (including phenoxy) is 1. The van der Waals surface area contributed by atoms with E-state index < -0.39 is 5.38 Å². The summed E-state index contributed by atoms with van der Waals surface area (Å²) in [4.78, 5) is 22.6. The van der Waals surface area contributed by atoms with Crippen LogP contribution in [0.2, 0.25) is 0 Å². The van der Waals surface area contributed by atoms with Crippen LogP contribution in [0.15, 0.2) is 18.2 Å². The summed E-state index contributed by atoms with van der Waals surface area (Å²) in [5, 5.41) is -0.713. The first-order valence-corrected chi connectivity index (χ1v) is 5.70. The smallest absolute Gasteiger partial charge is 0.309 e. The Morgan fingerprint density at radius 1 is 1.41 bits per heavy atom. The number of rotatable bonds is 4. The Labute approximate surface area is 106 Å². The van der Waals surface area contributed by atoms with E-state index in [1.54, 1.807) is 6.07 Å². The first kappa shape index (κ1) is 13.7. The third kappa shape index (κ3) is 3.56. The highest BCUT2D eigenvalue weighted by Crippen LogP contribution is 2.26. The third-order valence-corrected chi connectivity index (χ3v) is 3.04. The maximum Gasteiger partial charge on any atom is 0.309 e. The molecular weight excluding hydrogens is 240 g/mol. The standard InChI is InChI=1S/C13H15ClO3/c1-8-4-5-10(7-12(16)17-3)11(6-8)13(14)9(2)15/h4-6,13H,7H2,1-3H3. The molecule has 0 bridgehead atoms. The number of alkyl halides is 1. The van der Waals surface area contributed by atoms with Crippen LogP contribution in [0, 0.1) is 6.92 Å². The molecule has 17 heavy (non-hydrogen) atoms. The molecule has 1 rings (SSSR count). The van der Waals surface area contributed by atoms with Crippen molar-refractivity contribution in [3.8, 4) is 0 Å². The lowest BCUT2D eigenvalue weighted by molar-refractivity contribution is -0.139. The maximum absolute atomic E-state index is 11.3. The van der Waals surface area contributed by atoms with E-state index in [2.05, 4.69) is 4.74 Å². The second-order valence-electron chi connectivity index (χ2n) is 3.93. The summed E-state index contributed by atoms with van der Waals surface area (Å²) in [6.45, 7) is 3.34. The summed E-state index contributed by atoms with van der Waals surface area (Å²) in [6, 6.07) is 5.52. The van der Waals surface area contributed by atoms with Gasteiger partial charge in [0.05, 0.1) is 13.5 Å². The summed E-state index contributed by atoms with van der Waals surface area (Å²) in [5.41, 5.74) is 2.42. The van der Waals surface area contributed by atoms with Crippen LogP contribution in [0.5, 0.6) is 0 Å². The van der Waals surface area contributed by atoms with E-state index in [-0.39, 0.29) is 18.2 Å². The molecule has 0 saturated heterocycles. The molecule has 4 heteroatoms. The van der Waals surface area contributed by atoms with Crippen molar-refractivity contribution < 1.29 is 14.3 Å². The molecule has 3 nitrogen and oxygen atoms in total. The van der Waals surface area contributed by atoms with Gasteiger partial charge < -0.3 is 4.74 Å². The number of carbonyl (C=O) groups is 2. The lowest BCUT2D eigenvalue weighted by Crippen LogP contribution is -2.10. The van der Waals surface area contributed by atoms with E-state index in [4.69, 9.17) is 11.6 Å². The molecule has 1 aromatic rings. The fourth-order valence-corrected chi connectivity index (χ4v) is 1.76. The van der Waals surface area contributed by atoms with Crippen LogP contribution in [0.4, 0.5) is 0 Å². The second-order valence-corrected chi connectivity index (χ2v) is 4.36. The van der Waals surface area contributed by atoms with Gasteiger partial charge in [-0.15, -0.1) is 11.6 Å². The molecule has 1 unspecified atom stereocenters. The van der Waals surface area contributed by atoms with E-state index in [0.717, 1.165) is 11.1 Å². The SMILES string of the molecule is COC(=O)Cc1ccc(C)cc1C(Cl)C(C)=O. The maximum atomic E-state index is 11.3. The largest absolute Gasteiger partial charge is 0.469 e. The first-order chi connectivity index (χ1) is 7.95. The van der Waals surface area contributed by atoms with Gasteiger partial charge in [-0.3, -0.25) is 9.59 Å². The Morgan fingerprint density at radius 3 is 2.59 bits per heavy atom. The number of Topliss-reactive ketones (excluding diaryl/α,β-unsaturated/α-hetero) is 1. The molecule has 0 fully saturated rings. The molecule has 0 spiro atoms. The van der Waals surface area contributed by atoms with Gasteiger partial charge in [0, 0.05) is 0 Å². The second kappa shape index (κ2) is 5.82. The number of halogens is 1. The van der Waals surface area contributed by atoms with Crippen molar-refractivity contribution in [3.05, 3.63) is 34.9 Å². The molecule has 1 atom stereocenters. The van der Waals surface area contributed by atoms with Gasteiger partial charge in [0.15, 0.2) is 5.78 Å². The number of hydrogen-bond donors (Lipinski definition) is 0. The Morgan fingerprint density at radius 2 is 2.06 bits per heavy atom. The average molecular weight is 255 g/mol. The zero-order valence-electron chi connectivity index (χ0n) is 10.1. The summed E-state index contributed by atoms with van der Waals surface area (Å²) in [6.07, 6.45) is 0.128. The molecule has 0 aromatic heterocycles. The molecular formula is C13H15ClO3. The zero-order valence-corrected chi connectivity index (χ0v) is 10.9. The van der Waals surface area contributed by atoms with Gasteiger partial charge in [-0.05, 0) is 25.0 Å². The molecule has 0 aliphatic carbocycles. The lowest BCUT2D eigenvalue weighted by Gasteiger charge is -2.13. The molecule has 0 radical (unpaired) electrons. The molecule has 0 amide bonds. The van der Waals surface area contributed by atoms with Crippen molar-refractivity contribution in [3.63, 3.8) is 0 Å². The average Bonchev–Trinajstić information content (AvgIpc) is 2.30. The van der Waals surface area contributed by atoms with Gasteiger partial charge >= 0.3 is 5.97 Å². The van der Waals surface area contributed by atoms with E-state index in [1.165, 1.54) is 14.0 Å². The monoisotopic (exact) mass is 254 g/mol. The van der Waals surface area contributed by atoms with E-state index in [0.29, 0.717) is 5.56 Å². The van der Waals surface area contributed by atoms with Gasteiger partial charge in [0.2, 0.25) is 0 Å². The Bertz CT molecular complexity index is 440. The number of ketones is 1. The first-order valence-electron chi connectivity index (χ1n) is 5.26. The van der Waals surface area contributed by atoms with Crippen LogP contribution < -0.4 is 0 Å². The van der Waals surface area contributed by atoms with Crippen molar-refractivity contribution in [1.82, 2.24) is 0 Å². The summed E-state index contributed by atoms with van der Waals surface area (Å²) in [7, 11) is 1.33. The predicted octanol–water partition coefficient (Wildman–Crippen LogP) is 2.58. The van der Waals surface area contributed by atoms with Gasteiger partial charge in [0.1, 0.15) is 5.38 Å². The van der Waals surface area contributed by atoms with Gasteiger partial charge in [-0.1, -0.05) is 23.8 Å². The molecule has 0 heterocycles. The topological polar surface area (TPSA) is 43.4 Å². The summed E-state index contributed by atoms with van der Waals surface area (Å²) < 4.78 is 4.61. The summed E-state index contributed by atoms with van der Waals surface area (Å²) in [5.74, 6) is -0.481. The Kier molecular flexibility index (Phi) is 4.70. The fraction of sp³-hybridized carbons (Fsp3) is 0.385. The number of methoxy groups -OCH3 is 1. The fourth-order valence-electron chi connectivity index (χ4n) is 1.56. The normalized spacial score (nSPS) is 12.0. The van der Waals surface area contributed by atoms with Crippen LogP contribution in [0.1, 0.15) is 29.0 Å². The quantitative estimate of drug-likeness (QED) is 0.613. The van der Waals surface area contributed by atoms with Crippen molar-refractivity contribution in [2.45, 2.75) is 25.6 Å². The number of benzene rings is 1. The highest BCUT2D eigenvalue weighted by molar-refractivity contribution is 6.30. The van der Waals surface area contributed by atoms with Crippen LogP contribution in [0.25, 0.3) is 0 Å². The highest BCUT2D eigenvalue weighted by Gasteiger charge is 2.18. The predicted molar refractivity (Wildman–Crippen MR) is 66.2 cm³/mol. The van der Waals surface area contributed by atoms with Crippen LogP contribution in [0.3, 0.4) is 0 Å². The Hall–Kier alpha value is -1.35. The van der Waals surface area contributed by atoms with E-state index >= 15 is 0 Å². The van der Waals surface area contributed by atoms with Crippen molar-refractivity contribution >= 4 is 23.4 Å². The van der Waals surface area contributed by atoms with Gasteiger partial charge in [-0.25, -0.2) is 0 Å². The van der Waals surface area contributed by atoms with Gasteiger partial charge in [-0.2, -0.15) is 0 Å². The minimum absolute atomic E-state index is 0.128. The Balaban J connectivity index is 3.12. The summed E-state index contributed by atoms with van der Waals surface area (Å²) >= 11 is 6.04. The number of aryl methyl sites for hydroxylation is 1. The highest BCUT2D eigenvalue weighted by atomic mass is 35.5. The lowest BCUT2D eigenvalue weighted by atomic mass is 9.97. The third-order valence-electron chi connectivity index (χ3n) is 2.49. The minimum atomic E-state index is -0.713. The van der Waals surface area contributed by atoms with Crippen LogP contribution >= 0.6 is 11.6 Å². The van der Waals surface area contributed by atoms with Crippen molar-refractivity contribution in [2.24, 2.45) is 0 Å². The zero-order chi connectivity index (χ0) is 13.0. The molecule has 0 aliphatic heterocycles. The van der Waals surface area contributed by atoms with E-state index in [9.17, 15) is 9.59 Å². The molecule has 1 aromatic carbocycles. The van der Waals surface area contributed by atoms with Crippen molar-refractivity contribution in [1.29, 1.82) is 0 Å².